The van der Waals surface area contributed by atoms with Gasteiger partial charge in [-0.15, -0.1) is 0 Å². The van der Waals surface area contributed by atoms with Crippen molar-refractivity contribution < 1.29 is 14.6 Å². The Morgan fingerprint density at radius 1 is 1.29 bits per heavy atom. The third-order valence-corrected chi connectivity index (χ3v) is 3.85. The number of carbonyl (C=O) groups excluding carboxylic acids is 1. The Morgan fingerprint density at radius 3 is 2.43 bits per heavy atom. The SMILES string of the molecule is COC(CN)CC(=O)N1CCN(c2ccc(O)cc2)CC1. The second-order valence-corrected chi connectivity index (χ2v) is 5.18. The summed E-state index contributed by atoms with van der Waals surface area (Å²) in [4.78, 5) is 16.2. The second-order valence-electron chi connectivity index (χ2n) is 5.18. The molecule has 2 rings (SSSR count). The molecule has 6 nitrogen and oxygen atoms in total. The highest BCUT2D eigenvalue weighted by atomic mass is 16.5. The first-order chi connectivity index (χ1) is 10.1. The van der Waals surface area contributed by atoms with Crippen molar-refractivity contribution in [3.63, 3.8) is 0 Å². The van der Waals surface area contributed by atoms with Gasteiger partial charge in [0, 0.05) is 45.5 Å². The number of methoxy groups -OCH3 is 1. The van der Waals surface area contributed by atoms with Crippen LogP contribution in [0, 0.1) is 0 Å². The molecule has 1 heterocycles. The summed E-state index contributed by atoms with van der Waals surface area (Å²) in [6.07, 6.45) is 0.138. The summed E-state index contributed by atoms with van der Waals surface area (Å²) in [6.45, 7) is 3.32. The lowest BCUT2D eigenvalue weighted by molar-refractivity contribution is -0.133. The molecule has 0 bridgehead atoms. The van der Waals surface area contributed by atoms with Gasteiger partial charge in [-0.2, -0.15) is 0 Å². The van der Waals surface area contributed by atoms with Gasteiger partial charge < -0.3 is 25.4 Å². The summed E-state index contributed by atoms with van der Waals surface area (Å²) in [7, 11) is 1.58. The molecule has 1 unspecified atom stereocenters. The van der Waals surface area contributed by atoms with E-state index in [1.54, 1.807) is 19.2 Å². The number of phenolic OH excluding ortho intramolecular Hbond substituents is 1. The minimum absolute atomic E-state index is 0.0951. The fourth-order valence-corrected chi connectivity index (χ4v) is 2.46. The maximum Gasteiger partial charge on any atom is 0.225 e. The monoisotopic (exact) mass is 293 g/mol. The van der Waals surface area contributed by atoms with E-state index in [4.69, 9.17) is 10.5 Å². The van der Waals surface area contributed by atoms with Crippen LogP contribution in [-0.4, -0.2) is 61.9 Å². The van der Waals surface area contributed by atoms with Crippen LogP contribution in [0.1, 0.15) is 6.42 Å². The van der Waals surface area contributed by atoms with Gasteiger partial charge in [0.25, 0.3) is 0 Å². The number of ether oxygens (including phenoxy) is 1. The van der Waals surface area contributed by atoms with Crippen LogP contribution in [0.15, 0.2) is 24.3 Å². The highest BCUT2D eigenvalue weighted by molar-refractivity contribution is 5.77. The second kappa shape index (κ2) is 7.28. The van der Waals surface area contributed by atoms with Crippen LogP contribution in [0.5, 0.6) is 5.75 Å². The van der Waals surface area contributed by atoms with Crippen molar-refractivity contribution in [3.8, 4) is 5.75 Å². The van der Waals surface area contributed by atoms with E-state index in [9.17, 15) is 9.90 Å². The number of hydrogen-bond acceptors (Lipinski definition) is 5. The van der Waals surface area contributed by atoms with Crippen LogP contribution in [0.4, 0.5) is 5.69 Å². The molecule has 21 heavy (non-hydrogen) atoms. The zero-order valence-electron chi connectivity index (χ0n) is 12.4. The van der Waals surface area contributed by atoms with Gasteiger partial charge in [-0.05, 0) is 24.3 Å². The van der Waals surface area contributed by atoms with E-state index < -0.39 is 0 Å². The molecule has 6 heteroatoms. The molecular formula is C15H23N3O3. The van der Waals surface area contributed by atoms with E-state index in [2.05, 4.69) is 4.90 Å². The number of rotatable bonds is 5. The molecule has 1 aliphatic rings. The zero-order valence-corrected chi connectivity index (χ0v) is 12.4. The number of benzene rings is 1. The van der Waals surface area contributed by atoms with E-state index in [1.165, 1.54) is 0 Å². The lowest BCUT2D eigenvalue weighted by Gasteiger charge is -2.36. The smallest absolute Gasteiger partial charge is 0.225 e. The van der Waals surface area contributed by atoms with Gasteiger partial charge in [-0.25, -0.2) is 0 Å². The Morgan fingerprint density at radius 2 is 1.90 bits per heavy atom. The standard InChI is InChI=1S/C15H23N3O3/c1-21-14(11-16)10-15(20)18-8-6-17(7-9-18)12-2-4-13(19)5-3-12/h2-5,14,19H,6-11,16H2,1H3. The van der Waals surface area contributed by atoms with Crippen LogP contribution < -0.4 is 10.6 Å². The molecule has 116 valence electrons. The van der Waals surface area contributed by atoms with E-state index >= 15 is 0 Å². The molecule has 0 saturated carbocycles. The fraction of sp³-hybridized carbons (Fsp3) is 0.533. The number of nitrogens with two attached hydrogens (primary N) is 1. The fourth-order valence-electron chi connectivity index (χ4n) is 2.46. The molecule has 0 aliphatic carbocycles. The molecule has 0 radical (unpaired) electrons. The Labute approximate surface area is 125 Å². The van der Waals surface area contributed by atoms with Gasteiger partial charge in [-0.1, -0.05) is 0 Å². The van der Waals surface area contributed by atoms with Crippen LogP contribution in [0.3, 0.4) is 0 Å². The predicted octanol–water partition coefficient (Wildman–Crippen LogP) is 0.405. The number of hydrogen-bond donors (Lipinski definition) is 2. The van der Waals surface area contributed by atoms with Crippen molar-refractivity contribution in [1.82, 2.24) is 4.90 Å². The highest BCUT2D eigenvalue weighted by Gasteiger charge is 2.23. The molecule has 1 aliphatic heterocycles. The van der Waals surface area contributed by atoms with Gasteiger partial charge in [-0.3, -0.25) is 4.79 Å². The number of carbonyl (C=O) groups is 1. The molecule has 3 N–H and O–H groups in total. The maximum atomic E-state index is 12.2. The molecule has 1 aromatic carbocycles. The minimum Gasteiger partial charge on any atom is -0.508 e. The van der Waals surface area contributed by atoms with Crippen molar-refractivity contribution in [2.24, 2.45) is 5.73 Å². The molecule has 1 aromatic rings. The largest absolute Gasteiger partial charge is 0.508 e. The average Bonchev–Trinajstić information content (AvgIpc) is 2.53. The van der Waals surface area contributed by atoms with Crippen LogP contribution in [0.2, 0.25) is 0 Å². The average molecular weight is 293 g/mol. The topological polar surface area (TPSA) is 79.0 Å². The van der Waals surface area contributed by atoms with Crippen molar-refractivity contribution in [1.29, 1.82) is 0 Å². The van der Waals surface area contributed by atoms with Crippen LogP contribution in [-0.2, 0) is 9.53 Å². The molecule has 1 amide bonds. The van der Waals surface area contributed by atoms with Crippen molar-refractivity contribution in [2.45, 2.75) is 12.5 Å². The molecule has 0 spiro atoms. The Bertz CT molecular complexity index is 452. The van der Waals surface area contributed by atoms with Gasteiger partial charge in [0.05, 0.1) is 12.5 Å². The Kier molecular flexibility index (Phi) is 5.41. The summed E-state index contributed by atoms with van der Waals surface area (Å²) in [5.41, 5.74) is 6.61. The van der Waals surface area contributed by atoms with Gasteiger partial charge in [0.1, 0.15) is 5.75 Å². The van der Waals surface area contributed by atoms with E-state index in [-0.39, 0.29) is 17.8 Å². The van der Waals surface area contributed by atoms with Crippen molar-refractivity contribution in [2.75, 3.05) is 44.7 Å². The van der Waals surface area contributed by atoms with Crippen molar-refractivity contribution in [3.05, 3.63) is 24.3 Å². The quantitative estimate of drug-likeness (QED) is 0.822. The third kappa shape index (κ3) is 4.09. The molecule has 0 aromatic heterocycles. The summed E-state index contributed by atoms with van der Waals surface area (Å²) in [5, 5.41) is 9.31. The highest BCUT2D eigenvalue weighted by Crippen LogP contribution is 2.20. The molecule has 1 atom stereocenters. The normalized spacial score (nSPS) is 16.9. The summed E-state index contributed by atoms with van der Waals surface area (Å²) >= 11 is 0. The van der Waals surface area contributed by atoms with Crippen LogP contribution in [0.25, 0.3) is 0 Å². The maximum absolute atomic E-state index is 12.2. The lowest BCUT2D eigenvalue weighted by atomic mass is 10.2. The number of aromatic hydroxyl groups is 1. The lowest BCUT2D eigenvalue weighted by Crippen LogP contribution is -2.49. The molecular weight excluding hydrogens is 270 g/mol. The summed E-state index contributed by atoms with van der Waals surface area (Å²) < 4.78 is 5.16. The number of amides is 1. The van der Waals surface area contributed by atoms with Crippen molar-refractivity contribution >= 4 is 11.6 Å². The van der Waals surface area contributed by atoms with E-state index in [1.807, 2.05) is 17.0 Å². The number of nitrogens with zero attached hydrogens (tertiary/aromatic N) is 2. The summed E-state index contributed by atoms with van der Waals surface area (Å²) in [6, 6.07) is 7.14. The first kappa shape index (κ1) is 15.6. The molecule has 1 saturated heterocycles. The van der Waals surface area contributed by atoms with Crippen LogP contribution >= 0.6 is 0 Å². The van der Waals surface area contributed by atoms with E-state index in [0.29, 0.717) is 26.1 Å². The van der Waals surface area contributed by atoms with E-state index in [0.717, 1.165) is 18.8 Å². The zero-order chi connectivity index (χ0) is 15.2. The van der Waals surface area contributed by atoms with Gasteiger partial charge >= 0.3 is 0 Å². The Balaban J connectivity index is 1.85. The van der Waals surface area contributed by atoms with Gasteiger partial charge in [0.15, 0.2) is 0 Å². The minimum atomic E-state index is -0.201. The predicted molar refractivity (Wildman–Crippen MR) is 81.4 cm³/mol. The first-order valence-corrected chi connectivity index (χ1v) is 7.18. The number of anilines is 1. The molecule has 1 fully saturated rings. The number of phenols is 1. The first-order valence-electron chi connectivity index (χ1n) is 7.18. The number of piperazine rings is 1. The summed E-state index contributed by atoms with van der Waals surface area (Å²) in [5.74, 6) is 0.359. The third-order valence-electron chi connectivity index (χ3n) is 3.85. The van der Waals surface area contributed by atoms with Gasteiger partial charge in [0.2, 0.25) is 5.91 Å². The Hall–Kier alpha value is -1.79.